The van der Waals surface area contributed by atoms with Gasteiger partial charge in [-0.1, -0.05) is 11.6 Å². The Bertz CT molecular complexity index is 658. The summed E-state index contributed by atoms with van der Waals surface area (Å²) >= 11 is 0. The minimum atomic E-state index is -0.130. The Morgan fingerprint density at radius 1 is 1.31 bits per heavy atom. The van der Waals surface area contributed by atoms with Gasteiger partial charge in [0.05, 0.1) is 12.3 Å². The highest BCUT2D eigenvalue weighted by molar-refractivity contribution is 5.51. The number of aromatic nitrogens is 2. The van der Waals surface area contributed by atoms with Gasteiger partial charge in [-0.25, -0.2) is 0 Å². The number of aliphatic hydroxyl groups excluding tert-OH is 1. The Kier molecular flexibility index (Phi) is 8.31. The van der Waals surface area contributed by atoms with Gasteiger partial charge in [-0.15, -0.1) is 10.2 Å². The van der Waals surface area contributed by atoms with Crippen molar-refractivity contribution in [2.24, 2.45) is 0 Å². The van der Waals surface area contributed by atoms with Gasteiger partial charge < -0.3 is 19.9 Å². The van der Waals surface area contributed by atoms with Crippen LogP contribution in [0.4, 0.5) is 0 Å². The molecule has 0 unspecified atom stereocenters. The molecule has 142 valence electrons. The number of hydrogen-bond acceptors (Lipinski definition) is 6. The molecule has 1 aliphatic heterocycles. The first kappa shape index (κ1) is 20.1. The smallest absolute Gasteiger partial charge is 0.236 e. The van der Waals surface area contributed by atoms with Crippen molar-refractivity contribution < 1.29 is 14.6 Å². The van der Waals surface area contributed by atoms with Crippen LogP contribution in [0.1, 0.15) is 50.8 Å². The van der Waals surface area contributed by atoms with E-state index in [1.165, 1.54) is 5.57 Å². The molecule has 0 bridgehead atoms. The van der Waals surface area contributed by atoms with Crippen LogP contribution in [0.5, 0.6) is 5.88 Å². The van der Waals surface area contributed by atoms with E-state index in [9.17, 15) is 0 Å². The van der Waals surface area contributed by atoms with Gasteiger partial charge in [-0.05, 0) is 63.8 Å². The number of nitrogens with zero attached hydrogens (tertiary/aromatic N) is 2. The minimum absolute atomic E-state index is 0.130. The highest BCUT2D eigenvalue weighted by Crippen LogP contribution is 2.32. The van der Waals surface area contributed by atoms with Crippen molar-refractivity contribution in [1.29, 1.82) is 0 Å². The number of allylic oxidation sites excluding steroid dienone is 4. The van der Waals surface area contributed by atoms with Crippen molar-refractivity contribution >= 4 is 6.08 Å². The fraction of sp³-hybridized carbons (Fsp3) is 0.500. The molecular weight excluding hydrogens is 330 g/mol. The van der Waals surface area contributed by atoms with Gasteiger partial charge >= 0.3 is 0 Å². The van der Waals surface area contributed by atoms with E-state index in [4.69, 9.17) is 14.6 Å². The number of rotatable bonds is 8. The second kappa shape index (κ2) is 10.7. The second-order valence-corrected chi connectivity index (χ2v) is 6.38. The van der Waals surface area contributed by atoms with E-state index in [0.29, 0.717) is 18.4 Å². The molecule has 1 fully saturated rings. The molecule has 0 aliphatic carbocycles. The van der Waals surface area contributed by atoms with Crippen LogP contribution in [0.15, 0.2) is 35.6 Å². The quantitative estimate of drug-likeness (QED) is 0.548. The molecular formula is C20H29N3O3. The molecule has 1 aromatic heterocycles. The maximum atomic E-state index is 9.15. The third-order valence-corrected chi connectivity index (χ3v) is 4.06. The summed E-state index contributed by atoms with van der Waals surface area (Å²) in [6, 6.07) is 2.04. The summed E-state index contributed by atoms with van der Waals surface area (Å²) in [5.41, 5.74) is 3.84. The number of nitrogens with one attached hydrogen (secondary N) is 1. The van der Waals surface area contributed by atoms with Crippen LogP contribution in [0, 0.1) is 0 Å². The van der Waals surface area contributed by atoms with E-state index < -0.39 is 0 Å². The summed E-state index contributed by atoms with van der Waals surface area (Å²) in [6.07, 6.45) is 9.61. The molecule has 1 aromatic rings. The van der Waals surface area contributed by atoms with Gasteiger partial charge in [0, 0.05) is 24.5 Å². The van der Waals surface area contributed by atoms with Crippen LogP contribution < -0.4 is 10.1 Å². The Balaban J connectivity index is 2.25. The van der Waals surface area contributed by atoms with E-state index in [1.807, 2.05) is 51.1 Å². The van der Waals surface area contributed by atoms with Gasteiger partial charge in [0.15, 0.2) is 0 Å². The van der Waals surface area contributed by atoms with Crippen molar-refractivity contribution in [2.45, 2.75) is 39.5 Å². The monoisotopic (exact) mass is 359 g/mol. The molecule has 0 atom stereocenters. The van der Waals surface area contributed by atoms with Crippen LogP contribution in [0.25, 0.3) is 6.08 Å². The average molecular weight is 359 g/mol. The molecule has 1 saturated heterocycles. The first-order chi connectivity index (χ1) is 12.6. The van der Waals surface area contributed by atoms with Crippen molar-refractivity contribution in [3.05, 3.63) is 46.8 Å². The first-order valence-electron chi connectivity index (χ1n) is 9.10. The summed E-state index contributed by atoms with van der Waals surface area (Å²) in [6.45, 7) is 7.96. The van der Waals surface area contributed by atoms with Crippen LogP contribution in [0.2, 0.25) is 0 Å². The van der Waals surface area contributed by atoms with E-state index >= 15 is 0 Å². The zero-order valence-corrected chi connectivity index (χ0v) is 15.9. The average Bonchev–Trinajstić information content (AvgIpc) is 2.65. The molecule has 0 radical (unpaired) electrons. The molecule has 0 aromatic carbocycles. The summed E-state index contributed by atoms with van der Waals surface area (Å²) in [5, 5.41) is 20.6. The van der Waals surface area contributed by atoms with Crippen molar-refractivity contribution in [2.75, 3.05) is 26.6 Å². The zero-order chi connectivity index (χ0) is 18.8. The van der Waals surface area contributed by atoms with E-state index in [0.717, 1.165) is 43.0 Å². The third kappa shape index (κ3) is 6.28. The fourth-order valence-corrected chi connectivity index (χ4v) is 2.74. The van der Waals surface area contributed by atoms with Gasteiger partial charge in [0.25, 0.3) is 0 Å². The van der Waals surface area contributed by atoms with Gasteiger partial charge in [0.1, 0.15) is 6.73 Å². The maximum absolute atomic E-state index is 9.15. The number of hydrogen-bond donors (Lipinski definition) is 2. The number of aliphatic hydroxyl groups is 1. The third-order valence-electron chi connectivity index (χ3n) is 4.06. The predicted octanol–water partition coefficient (Wildman–Crippen LogP) is 3.17. The number of ether oxygens (including phenoxy) is 2. The highest BCUT2D eigenvalue weighted by Gasteiger charge is 2.21. The molecule has 2 heterocycles. The molecule has 2 rings (SSSR count). The molecule has 0 spiro atoms. The lowest BCUT2D eigenvalue weighted by molar-refractivity contribution is 0.0844. The van der Waals surface area contributed by atoms with Crippen LogP contribution in [-0.2, 0) is 4.74 Å². The fourth-order valence-electron chi connectivity index (χ4n) is 2.74. The van der Waals surface area contributed by atoms with Gasteiger partial charge in [-0.3, -0.25) is 0 Å². The molecule has 26 heavy (non-hydrogen) atoms. The molecule has 0 amide bonds. The highest BCUT2D eigenvalue weighted by atomic mass is 16.5. The Hall–Kier alpha value is -2.18. The Morgan fingerprint density at radius 3 is 2.73 bits per heavy atom. The standard InChI is InChI=1S/C20H29N3O3/c1-4-26-20-19(16-9-11-25-12-10-16)13-18(22-23-20)8-7-17(21-14-24)6-5-15(2)3/h5-8,13,16,21,24H,4,9-12,14H2,1-3H3/b8-7+,17-6+. The van der Waals surface area contributed by atoms with E-state index in [1.54, 1.807) is 0 Å². The Labute approximate surface area is 155 Å². The molecule has 6 nitrogen and oxygen atoms in total. The van der Waals surface area contributed by atoms with Crippen molar-refractivity contribution in [3.63, 3.8) is 0 Å². The lowest BCUT2D eigenvalue weighted by Gasteiger charge is -2.23. The maximum Gasteiger partial charge on any atom is 0.236 e. The second-order valence-electron chi connectivity index (χ2n) is 6.38. The van der Waals surface area contributed by atoms with E-state index in [2.05, 4.69) is 15.5 Å². The molecule has 2 N–H and O–H groups in total. The SMILES string of the molecule is CCOc1nnc(/C=C/C(=C\C=C(C)C)NCO)cc1C1CCOCC1. The Morgan fingerprint density at radius 2 is 2.08 bits per heavy atom. The van der Waals surface area contributed by atoms with Gasteiger partial charge in [0.2, 0.25) is 5.88 Å². The van der Waals surface area contributed by atoms with Crippen molar-refractivity contribution in [1.82, 2.24) is 15.5 Å². The zero-order valence-electron chi connectivity index (χ0n) is 15.9. The summed E-state index contributed by atoms with van der Waals surface area (Å²) in [4.78, 5) is 0. The molecule has 1 aliphatic rings. The van der Waals surface area contributed by atoms with E-state index in [-0.39, 0.29) is 6.73 Å². The summed E-state index contributed by atoms with van der Waals surface area (Å²) in [5.74, 6) is 0.995. The van der Waals surface area contributed by atoms with Crippen LogP contribution in [-0.4, -0.2) is 41.9 Å². The minimum Gasteiger partial charge on any atom is -0.477 e. The lowest BCUT2D eigenvalue weighted by atomic mass is 9.92. The van der Waals surface area contributed by atoms with Crippen LogP contribution >= 0.6 is 0 Å². The van der Waals surface area contributed by atoms with Crippen molar-refractivity contribution in [3.8, 4) is 5.88 Å². The van der Waals surface area contributed by atoms with Crippen LogP contribution in [0.3, 0.4) is 0 Å². The molecule has 0 saturated carbocycles. The summed E-state index contributed by atoms with van der Waals surface area (Å²) < 4.78 is 11.1. The normalized spacial score (nSPS) is 15.9. The summed E-state index contributed by atoms with van der Waals surface area (Å²) in [7, 11) is 0. The topological polar surface area (TPSA) is 76.5 Å². The molecule has 6 heteroatoms. The lowest BCUT2D eigenvalue weighted by Crippen LogP contribution is -2.16. The largest absolute Gasteiger partial charge is 0.477 e. The predicted molar refractivity (Wildman–Crippen MR) is 103 cm³/mol. The first-order valence-corrected chi connectivity index (χ1v) is 9.10. The van der Waals surface area contributed by atoms with Gasteiger partial charge in [-0.2, -0.15) is 0 Å².